The summed E-state index contributed by atoms with van der Waals surface area (Å²) in [4.78, 5) is 11.2. The summed E-state index contributed by atoms with van der Waals surface area (Å²) in [6, 6.07) is 12.5. The maximum Gasteiger partial charge on any atom is 0.335 e. The summed E-state index contributed by atoms with van der Waals surface area (Å²) in [5.41, 5.74) is 0.582. The predicted octanol–water partition coefficient (Wildman–Crippen LogP) is 3.18. The zero-order chi connectivity index (χ0) is 15.9. The van der Waals surface area contributed by atoms with E-state index in [9.17, 15) is 13.2 Å². The van der Waals surface area contributed by atoms with Gasteiger partial charge in [-0.1, -0.05) is 18.2 Å². The van der Waals surface area contributed by atoms with Crippen molar-refractivity contribution in [3.63, 3.8) is 0 Å². The van der Waals surface area contributed by atoms with Gasteiger partial charge >= 0.3 is 5.97 Å². The van der Waals surface area contributed by atoms with E-state index in [0.717, 1.165) is 0 Å². The van der Waals surface area contributed by atoms with Crippen LogP contribution in [0.25, 0.3) is 10.9 Å². The van der Waals surface area contributed by atoms with Crippen LogP contribution in [-0.2, 0) is 10.0 Å². The second kappa shape index (κ2) is 5.40. The highest BCUT2D eigenvalue weighted by atomic mass is 127. The maximum absolute atomic E-state index is 12.7. The van der Waals surface area contributed by atoms with Gasteiger partial charge in [-0.25, -0.2) is 17.2 Å². The van der Waals surface area contributed by atoms with Gasteiger partial charge in [0.15, 0.2) is 0 Å². The second-order valence-electron chi connectivity index (χ2n) is 4.63. The topological polar surface area (TPSA) is 76.4 Å². The number of aromatic carboxylic acids is 1. The van der Waals surface area contributed by atoms with Crippen molar-refractivity contribution < 1.29 is 18.3 Å². The Kier molecular flexibility index (Phi) is 3.69. The van der Waals surface area contributed by atoms with Crippen molar-refractivity contribution in [1.29, 1.82) is 0 Å². The summed E-state index contributed by atoms with van der Waals surface area (Å²) in [5.74, 6) is -1.05. The van der Waals surface area contributed by atoms with Crippen molar-refractivity contribution in [2.75, 3.05) is 0 Å². The molecule has 112 valence electrons. The Morgan fingerprint density at radius 1 is 1.09 bits per heavy atom. The molecular weight excluding hydrogens is 417 g/mol. The molecule has 2 aromatic carbocycles. The van der Waals surface area contributed by atoms with Crippen LogP contribution in [0.2, 0.25) is 0 Å². The standard InChI is InChI=1S/C15H10INO4S/c16-13-9-17(22(20,21)11-4-2-1-3-5-11)14-7-6-10(15(18)19)8-12(13)14/h1-9H,(H,18,19). The summed E-state index contributed by atoms with van der Waals surface area (Å²) < 4.78 is 27.3. The Morgan fingerprint density at radius 2 is 1.77 bits per heavy atom. The third-order valence-electron chi connectivity index (χ3n) is 3.27. The molecule has 0 saturated heterocycles. The van der Waals surface area contributed by atoms with Crippen LogP contribution in [-0.4, -0.2) is 23.5 Å². The fourth-order valence-corrected chi connectivity index (χ4v) is 4.49. The lowest BCUT2D eigenvalue weighted by atomic mass is 10.1. The number of carbonyl (C=O) groups is 1. The number of hydrogen-bond donors (Lipinski definition) is 1. The SMILES string of the molecule is O=C(O)c1ccc2c(c1)c(I)cn2S(=O)(=O)c1ccccc1. The third-order valence-corrected chi connectivity index (χ3v) is 5.82. The lowest BCUT2D eigenvalue weighted by Crippen LogP contribution is -2.11. The molecule has 0 amide bonds. The van der Waals surface area contributed by atoms with Gasteiger partial charge in [0.2, 0.25) is 0 Å². The van der Waals surface area contributed by atoms with E-state index in [4.69, 9.17) is 5.11 Å². The van der Waals surface area contributed by atoms with Crippen molar-refractivity contribution in [3.05, 3.63) is 63.9 Å². The minimum Gasteiger partial charge on any atom is -0.478 e. The lowest BCUT2D eigenvalue weighted by molar-refractivity contribution is 0.0697. The number of benzene rings is 2. The predicted molar refractivity (Wildman–Crippen MR) is 90.6 cm³/mol. The average Bonchev–Trinajstić information content (AvgIpc) is 2.85. The smallest absolute Gasteiger partial charge is 0.335 e. The number of rotatable bonds is 3. The summed E-state index contributed by atoms with van der Waals surface area (Å²) in [5, 5.41) is 9.65. The first-order chi connectivity index (χ1) is 10.4. The molecule has 3 aromatic rings. The Bertz CT molecular complexity index is 977. The van der Waals surface area contributed by atoms with E-state index < -0.39 is 16.0 Å². The summed E-state index contributed by atoms with van der Waals surface area (Å²) in [6.07, 6.45) is 1.50. The van der Waals surface area contributed by atoms with Crippen LogP contribution >= 0.6 is 22.6 Å². The normalized spacial score (nSPS) is 11.7. The minimum absolute atomic E-state index is 0.125. The van der Waals surface area contributed by atoms with Gasteiger partial charge in [0, 0.05) is 15.2 Å². The molecule has 0 radical (unpaired) electrons. The number of carboxylic acids is 1. The quantitative estimate of drug-likeness (QED) is 0.652. The van der Waals surface area contributed by atoms with E-state index in [-0.39, 0.29) is 10.5 Å². The van der Waals surface area contributed by atoms with E-state index in [1.807, 2.05) is 22.6 Å². The average molecular weight is 427 g/mol. The highest BCUT2D eigenvalue weighted by molar-refractivity contribution is 14.1. The van der Waals surface area contributed by atoms with E-state index in [0.29, 0.717) is 14.5 Å². The van der Waals surface area contributed by atoms with Gasteiger partial charge in [-0.2, -0.15) is 0 Å². The molecule has 1 N–H and O–H groups in total. The Labute approximate surface area is 140 Å². The number of hydrogen-bond acceptors (Lipinski definition) is 3. The molecule has 0 aliphatic rings. The van der Waals surface area contributed by atoms with E-state index in [1.165, 1.54) is 40.5 Å². The second-order valence-corrected chi connectivity index (χ2v) is 7.61. The van der Waals surface area contributed by atoms with Gasteiger partial charge < -0.3 is 5.11 Å². The van der Waals surface area contributed by atoms with Crippen molar-refractivity contribution in [3.8, 4) is 0 Å². The largest absolute Gasteiger partial charge is 0.478 e. The molecule has 3 rings (SSSR count). The zero-order valence-corrected chi connectivity index (χ0v) is 14.1. The molecule has 22 heavy (non-hydrogen) atoms. The molecule has 0 unspecified atom stereocenters. The fourth-order valence-electron chi connectivity index (χ4n) is 2.20. The van der Waals surface area contributed by atoms with E-state index in [1.54, 1.807) is 18.2 Å². The Balaban J connectivity index is 2.27. The fraction of sp³-hybridized carbons (Fsp3) is 0. The highest BCUT2D eigenvalue weighted by Crippen LogP contribution is 2.28. The van der Waals surface area contributed by atoms with Crippen molar-refractivity contribution >= 4 is 49.5 Å². The molecule has 0 fully saturated rings. The molecule has 7 heteroatoms. The first kappa shape index (κ1) is 15.0. The van der Waals surface area contributed by atoms with E-state index >= 15 is 0 Å². The molecule has 0 aliphatic heterocycles. The Morgan fingerprint density at radius 3 is 2.41 bits per heavy atom. The van der Waals surface area contributed by atoms with Crippen LogP contribution in [0.4, 0.5) is 0 Å². The maximum atomic E-state index is 12.7. The summed E-state index contributed by atoms with van der Waals surface area (Å²) in [6.45, 7) is 0. The van der Waals surface area contributed by atoms with Crippen LogP contribution in [0.1, 0.15) is 10.4 Å². The molecule has 1 aromatic heterocycles. The van der Waals surface area contributed by atoms with Gasteiger partial charge in [0.25, 0.3) is 10.0 Å². The molecule has 0 spiro atoms. The number of carboxylic acid groups (broad SMARTS) is 1. The van der Waals surface area contributed by atoms with Gasteiger partial charge in [-0.15, -0.1) is 0 Å². The van der Waals surface area contributed by atoms with Gasteiger partial charge in [-0.3, -0.25) is 0 Å². The van der Waals surface area contributed by atoms with Crippen LogP contribution in [0.3, 0.4) is 0 Å². The lowest BCUT2D eigenvalue weighted by Gasteiger charge is -2.07. The van der Waals surface area contributed by atoms with Gasteiger partial charge in [0.1, 0.15) is 0 Å². The summed E-state index contributed by atoms with van der Waals surface area (Å²) in [7, 11) is -3.71. The highest BCUT2D eigenvalue weighted by Gasteiger charge is 2.21. The molecule has 1 heterocycles. The summed E-state index contributed by atoms with van der Waals surface area (Å²) >= 11 is 2.00. The molecule has 0 aliphatic carbocycles. The van der Waals surface area contributed by atoms with Crippen LogP contribution in [0.15, 0.2) is 59.6 Å². The van der Waals surface area contributed by atoms with Crippen LogP contribution in [0, 0.1) is 3.57 Å². The van der Waals surface area contributed by atoms with Gasteiger partial charge in [0.05, 0.1) is 16.0 Å². The molecule has 0 bridgehead atoms. The third kappa shape index (κ3) is 2.40. The van der Waals surface area contributed by atoms with Crippen LogP contribution < -0.4 is 0 Å². The van der Waals surface area contributed by atoms with Crippen molar-refractivity contribution in [2.24, 2.45) is 0 Å². The Hall–Kier alpha value is -1.87. The molecule has 5 nitrogen and oxygen atoms in total. The first-order valence-electron chi connectivity index (χ1n) is 6.26. The minimum atomic E-state index is -3.71. The van der Waals surface area contributed by atoms with Gasteiger partial charge in [-0.05, 0) is 52.9 Å². The number of halogens is 1. The molecule has 0 saturated carbocycles. The van der Waals surface area contributed by atoms with E-state index in [2.05, 4.69) is 0 Å². The first-order valence-corrected chi connectivity index (χ1v) is 8.77. The van der Waals surface area contributed by atoms with Crippen molar-refractivity contribution in [1.82, 2.24) is 3.97 Å². The molecular formula is C15H10INO4S. The van der Waals surface area contributed by atoms with Crippen molar-refractivity contribution in [2.45, 2.75) is 4.90 Å². The number of nitrogens with zero attached hydrogens (tertiary/aromatic N) is 1. The monoisotopic (exact) mass is 427 g/mol. The zero-order valence-electron chi connectivity index (χ0n) is 11.1. The molecule has 0 atom stereocenters. The van der Waals surface area contributed by atoms with Crippen LogP contribution in [0.5, 0.6) is 0 Å². The number of fused-ring (bicyclic) bond motifs is 1. The number of aromatic nitrogens is 1.